The average molecular weight is 310 g/mol. The van der Waals surface area contributed by atoms with E-state index < -0.39 is 0 Å². The van der Waals surface area contributed by atoms with Gasteiger partial charge in [0.05, 0.1) is 6.04 Å². The Balaban J connectivity index is 1.78. The number of hydrogen-bond acceptors (Lipinski definition) is 3. The molecule has 0 aliphatic carbocycles. The number of aryl methyl sites for hydroxylation is 1. The van der Waals surface area contributed by atoms with Crippen LogP contribution in [0, 0.1) is 6.92 Å². The van der Waals surface area contributed by atoms with Crippen LogP contribution >= 0.6 is 0 Å². The average Bonchev–Trinajstić information content (AvgIpc) is 3.03. The maximum absolute atomic E-state index is 12.3. The number of nitrogens with zero attached hydrogens (tertiary/aromatic N) is 3. The number of hydrogen-bond donors (Lipinski definition) is 1. The summed E-state index contributed by atoms with van der Waals surface area (Å²) in [7, 11) is 0. The zero-order chi connectivity index (χ0) is 16.4. The second-order valence-electron chi connectivity index (χ2n) is 5.47. The Morgan fingerprint density at radius 2 is 1.96 bits per heavy atom. The third kappa shape index (κ3) is 3.01. The van der Waals surface area contributed by atoms with Crippen molar-refractivity contribution in [3.05, 3.63) is 70.4 Å². The van der Waals surface area contributed by atoms with Crippen LogP contribution in [0.3, 0.4) is 0 Å². The SMILES string of the molecule is Cc1nn(CC(=O)N[C@H](C)c2ccccc2)c(=O)c2cccn12. The molecule has 0 radical (unpaired) electrons. The van der Waals surface area contributed by atoms with Crippen LogP contribution < -0.4 is 10.9 Å². The number of rotatable bonds is 4. The summed E-state index contributed by atoms with van der Waals surface area (Å²) < 4.78 is 2.92. The lowest BCUT2D eigenvalue weighted by Crippen LogP contribution is -2.36. The van der Waals surface area contributed by atoms with Crippen molar-refractivity contribution < 1.29 is 4.79 Å². The summed E-state index contributed by atoms with van der Waals surface area (Å²) in [4.78, 5) is 24.5. The van der Waals surface area contributed by atoms with Crippen molar-refractivity contribution >= 4 is 11.4 Å². The quantitative estimate of drug-likeness (QED) is 0.797. The molecule has 3 rings (SSSR count). The fourth-order valence-corrected chi connectivity index (χ4v) is 2.59. The summed E-state index contributed by atoms with van der Waals surface area (Å²) in [6, 6.07) is 13.1. The molecule has 6 heteroatoms. The van der Waals surface area contributed by atoms with E-state index in [-0.39, 0.29) is 24.1 Å². The molecular formula is C17H18N4O2. The highest BCUT2D eigenvalue weighted by atomic mass is 16.2. The summed E-state index contributed by atoms with van der Waals surface area (Å²) in [5.74, 6) is 0.416. The highest BCUT2D eigenvalue weighted by molar-refractivity contribution is 5.76. The minimum atomic E-state index is -0.275. The molecule has 0 spiro atoms. The third-order valence-electron chi connectivity index (χ3n) is 3.79. The molecule has 23 heavy (non-hydrogen) atoms. The summed E-state index contributed by atoms with van der Waals surface area (Å²) in [5.41, 5.74) is 1.25. The lowest BCUT2D eigenvalue weighted by atomic mass is 10.1. The first-order valence-corrected chi connectivity index (χ1v) is 7.45. The van der Waals surface area contributed by atoms with E-state index in [9.17, 15) is 9.59 Å². The maximum atomic E-state index is 12.3. The van der Waals surface area contributed by atoms with Crippen molar-refractivity contribution in [1.29, 1.82) is 0 Å². The van der Waals surface area contributed by atoms with E-state index in [0.29, 0.717) is 11.3 Å². The molecule has 0 aliphatic heterocycles. The smallest absolute Gasteiger partial charge is 0.291 e. The van der Waals surface area contributed by atoms with Crippen molar-refractivity contribution in [2.24, 2.45) is 0 Å². The molecule has 0 unspecified atom stereocenters. The number of amides is 1. The van der Waals surface area contributed by atoms with Gasteiger partial charge in [-0.2, -0.15) is 5.10 Å². The van der Waals surface area contributed by atoms with Crippen molar-refractivity contribution in [2.45, 2.75) is 26.4 Å². The van der Waals surface area contributed by atoms with Gasteiger partial charge in [0.1, 0.15) is 17.9 Å². The Bertz CT molecular complexity index is 896. The van der Waals surface area contributed by atoms with Gasteiger partial charge in [-0.15, -0.1) is 0 Å². The Morgan fingerprint density at radius 1 is 1.22 bits per heavy atom. The van der Waals surface area contributed by atoms with E-state index in [1.165, 1.54) is 4.68 Å². The largest absolute Gasteiger partial charge is 0.348 e. The van der Waals surface area contributed by atoms with Crippen LogP contribution in [0.25, 0.3) is 5.52 Å². The molecule has 1 amide bonds. The lowest BCUT2D eigenvalue weighted by molar-refractivity contribution is -0.122. The Morgan fingerprint density at radius 3 is 2.70 bits per heavy atom. The van der Waals surface area contributed by atoms with Crippen LogP contribution in [0.5, 0.6) is 0 Å². The minimum Gasteiger partial charge on any atom is -0.348 e. The molecular weight excluding hydrogens is 292 g/mol. The fraction of sp³-hybridized carbons (Fsp3) is 0.235. The molecule has 0 saturated heterocycles. The first-order valence-electron chi connectivity index (χ1n) is 7.45. The second kappa shape index (κ2) is 6.08. The Labute approximate surface area is 133 Å². The maximum Gasteiger partial charge on any atom is 0.291 e. The number of carbonyl (C=O) groups excluding carboxylic acids is 1. The first kappa shape index (κ1) is 15.0. The zero-order valence-corrected chi connectivity index (χ0v) is 13.1. The monoisotopic (exact) mass is 310 g/mol. The summed E-state index contributed by atoms with van der Waals surface area (Å²) in [6.45, 7) is 3.61. The van der Waals surface area contributed by atoms with Crippen LogP contribution in [0.2, 0.25) is 0 Å². The number of aromatic nitrogens is 3. The van der Waals surface area contributed by atoms with Gasteiger partial charge in [-0.25, -0.2) is 4.68 Å². The van der Waals surface area contributed by atoms with E-state index >= 15 is 0 Å². The number of nitrogens with one attached hydrogen (secondary N) is 1. The van der Waals surface area contributed by atoms with Crippen molar-refractivity contribution in [2.75, 3.05) is 0 Å². The van der Waals surface area contributed by atoms with Crippen LogP contribution in [0.1, 0.15) is 24.4 Å². The highest BCUT2D eigenvalue weighted by Crippen LogP contribution is 2.10. The van der Waals surface area contributed by atoms with Gasteiger partial charge in [-0.3, -0.25) is 14.0 Å². The molecule has 0 bridgehead atoms. The van der Waals surface area contributed by atoms with Crippen LogP contribution in [0.15, 0.2) is 53.5 Å². The van der Waals surface area contributed by atoms with Crippen LogP contribution in [-0.4, -0.2) is 20.1 Å². The molecule has 3 aromatic rings. The molecule has 118 valence electrons. The predicted molar refractivity (Wildman–Crippen MR) is 87.2 cm³/mol. The lowest BCUT2D eigenvalue weighted by Gasteiger charge is -2.15. The standard InChI is InChI=1S/C17H18N4O2/c1-12(14-7-4-3-5-8-14)18-16(22)11-21-17(23)15-9-6-10-20(15)13(2)19-21/h3-10,12H,11H2,1-2H3,(H,18,22)/t12-/m1/s1. The molecule has 1 atom stereocenters. The van der Waals surface area contributed by atoms with Gasteiger partial charge in [0.2, 0.25) is 5.91 Å². The second-order valence-corrected chi connectivity index (χ2v) is 5.47. The molecule has 0 saturated carbocycles. The van der Waals surface area contributed by atoms with Crippen LogP contribution in [-0.2, 0) is 11.3 Å². The van der Waals surface area contributed by atoms with Crippen LogP contribution in [0.4, 0.5) is 0 Å². The molecule has 6 nitrogen and oxygen atoms in total. The van der Waals surface area contributed by atoms with Gasteiger partial charge in [-0.1, -0.05) is 30.3 Å². The molecule has 0 aliphatic rings. The van der Waals surface area contributed by atoms with E-state index in [4.69, 9.17) is 0 Å². The van der Waals surface area contributed by atoms with E-state index in [0.717, 1.165) is 5.56 Å². The van der Waals surface area contributed by atoms with Crippen molar-refractivity contribution in [1.82, 2.24) is 19.5 Å². The summed E-state index contributed by atoms with van der Waals surface area (Å²) in [5, 5.41) is 7.09. The molecule has 0 fully saturated rings. The highest BCUT2D eigenvalue weighted by Gasteiger charge is 2.13. The summed E-state index contributed by atoms with van der Waals surface area (Å²) in [6.07, 6.45) is 1.78. The van der Waals surface area contributed by atoms with Gasteiger partial charge < -0.3 is 5.32 Å². The molecule has 1 N–H and O–H groups in total. The Hall–Kier alpha value is -2.89. The number of fused-ring (bicyclic) bond motifs is 1. The number of benzene rings is 1. The van der Waals surface area contributed by atoms with Gasteiger partial charge >= 0.3 is 0 Å². The van der Waals surface area contributed by atoms with E-state index in [1.54, 1.807) is 29.7 Å². The molecule has 2 heterocycles. The van der Waals surface area contributed by atoms with Crippen molar-refractivity contribution in [3.8, 4) is 0 Å². The number of carbonyl (C=O) groups is 1. The molecule has 2 aromatic heterocycles. The van der Waals surface area contributed by atoms with Gasteiger partial charge in [0.15, 0.2) is 0 Å². The topological polar surface area (TPSA) is 68.4 Å². The van der Waals surface area contributed by atoms with E-state index in [1.807, 2.05) is 37.3 Å². The first-order chi connectivity index (χ1) is 11.1. The van der Waals surface area contributed by atoms with E-state index in [2.05, 4.69) is 10.4 Å². The van der Waals surface area contributed by atoms with Crippen molar-refractivity contribution in [3.63, 3.8) is 0 Å². The van der Waals surface area contributed by atoms with Gasteiger partial charge in [0.25, 0.3) is 5.56 Å². The third-order valence-corrected chi connectivity index (χ3v) is 3.79. The summed E-state index contributed by atoms with van der Waals surface area (Å²) >= 11 is 0. The minimum absolute atomic E-state index is 0.0987. The van der Waals surface area contributed by atoms with Gasteiger partial charge in [0, 0.05) is 6.20 Å². The zero-order valence-electron chi connectivity index (χ0n) is 13.1. The fourth-order valence-electron chi connectivity index (χ4n) is 2.59. The van der Waals surface area contributed by atoms with Gasteiger partial charge in [-0.05, 0) is 31.5 Å². The Kier molecular flexibility index (Phi) is 3.97. The predicted octanol–water partition coefficient (Wildman–Crippen LogP) is 1.68. The molecule has 1 aromatic carbocycles. The normalized spacial score (nSPS) is 12.3.